The highest BCUT2D eigenvalue weighted by molar-refractivity contribution is 14.1. The third-order valence-electron chi connectivity index (χ3n) is 4.13. The molecule has 2 aromatic rings. The molecular weight excluding hydrogens is 526 g/mol. The summed E-state index contributed by atoms with van der Waals surface area (Å²) in [5.41, 5.74) is 0.697. The Balaban J connectivity index is 2.18. The van der Waals surface area contributed by atoms with Crippen molar-refractivity contribution in [2.45, 2.75) is 39.4 Å². The molecule has 1 N–H and O–H groups in total. The summed E-state index contributed by atoms with van der Waals surface area (Å²) >= 11 is 14.4. The van der Waals surface area contributed by atoms with E-state index in [1.165, 1.54) is 4.90 Å². The molecule has 0 aliphatic rings. The molecule has 1 atom stereocenters. The van der Waals surface area contributed by atoms with E-state index >= 15 is 0 Å². The molecule has 0 bridgehead atoms. The fraction of sp³-hybridized carbons (Fsp3) is 0.333. The van der Waals surface area contributed by atoms with Gasteiger partial charge in [-0.05, 0) is 85.3 Å². The zero-order valence-corrected chi connectivity index (χ0v) is 20.1. The molecule has 0 aliphatic heterocycles. The molecule has 8 heteroatoms. The average Bonchev–Trinajstić information content (AvgIpc) is 2.65. The molecule has 2 aromatic carbocycles. The van der Waals surface area contributed by atoms with Gasteiger partial charge < -0.3 is 15.0 Å². The fourth-order valence-corrected chi connectivity index (χ4v) is 3.41. The summed E-state index contributed by atoms with van der Waals surface area (Å²) in [6.07, 6.45) is 0. The average molecular weight is 549 g/mol. The maximum absolute atomic E-state index is 12.9. The van der Waals surface area contributed by atoms with Gasteiger partial charge in [-0.2, -0.15) is 0 Å². The molecule has 5 nitrogen and oxygen atoms in total. The van der Waals surface area contributed by atoms with Gasteiger partial charge in [-0.1, -0.05) is 29.3 Å². The lowest BCUT2D eigenvalue weighted by Crippen LogP contribution is -2.50. The largest absolute Gasteiger partial charge is 0.484 e. The number of carbonyl (C=O) groups is 2. The maximum atomic E-state index is 12.9. The summed E-state index contributed by atoms with van der Waals surface area (Å²) < 4.78 is 6.69. The Labute approximate surface area is 194 Å². The normalized spacial score (nSPS) is 11.8. The Morgan fingerprint density at radius 3 is 2.34 bits per heavy atom. The molecule has 0 aromatic heterocycles. The van der Waals surface area contributed by atoms with Crippen molar-refractivity contribution in [1.29, 1.82) is 0 Å². The summed E-state index contributed by atoms with van der Waals surface area (Å²) in [4.78, 5) is 26.9. The first kappa shape index (κ1) is 23.8. The molecule has 0 radical (unpaired) electrons. The summed E-state index contributed by atoms with van der Waals surface area (Å²) in [7, 11) is 0. The van der Waals surface area contributed by atoms with Gasteiger partial charge in [0, 0.05) is 26.2 Å². The highest BCUT2D eigenvalue weighted by Gasteiger charge is 2.27. The maximum Gasteiger partial charge on any atom is 0.261 e. The van der Waals surface area contributed by atoms with Gasteiger partial charge in [0.15, 0.2) is 6.61 Å². The lowest BCUT2D eigenvalue weighted by Gasteiger charge is -2.29. The Morgan fingerprint density at radius 1 is 1.10 bits per heavy atom. The second-order valence-electron chi connectivity index (χ2n) is 6.84. The van der Waals surface area contributed by atoms with Crippen LogP contribution in [-0.4, -0.2) is 35.4 Å². The standard InChI is InChI=1S/C21H23Cl2IN2O3/c1-13(2)25-21(28)14(3)26(11-15-4-5-16(22)10-19(15)23)20(27)12-29-18-8-6-17(24)7-9-18/h4-10,13-14H,11-12H2,1-3H3,(H,25,28)/t14-/m0/s1. The van der Waals surface area contributed by atoms with Crippen molar-refractivity contribution in [3.05, 3.63) is 61.6 Å². The van der Waals surface area contributed by atoms with E-state index in [0.717, 1.165) is 3.57 Å². The molecule has 2 amide bonds. The molecule has 0 spiro atoms. The van der Waals surface area contributed by atoms with Gasteiger partial charge in [-0.3, -0.25) is 9.59 Å². The number of amides is 2. The highest BCUT2D eigenvalue weighted by atomic mass is 127. The van der Waals surface area contributed by atoms with Crippen molar-refractivity contribution in [3.63, 3.8) is 0 Å². The predicted molar refractivity (Wildman–Crippen MR) is 124 cm³/mol. The number of carbonyl (C=O) groups excluding carboxylic acids is 2. The van der Waals surface area contributed by atoms with Gasteiger partial charge in [-0.15, -0.1) is 0 Å². The van der Waals surface area contributed by atoms with Crippen LogP contribution in [0.3, 0.4) is 0 Å². The van der Waals surface area contributed by atoms with E-state index < -0.39 is 6.04 Å². The van der Waals surface area contributed by atoms with Crippen LogP contribution in [0.5, 0.6) is 5.75 Å². The number of rotatable bonds is 8. The van der Waals surface area contributed by atoms with E-state index in [9.17, 15) is 9.59 Å². The second kappa shape index (κ2) is 11.0. The Kier molecular flexibility index (Phi) is 9.04. The second-order valence-corrected chi connectivity index (χ2v) is 8.93. The highest BCUT2D eigenvalue weighted by Crippen LogP contribution is 2.23. The third kappa shape index (κ3) is 7.35. The first-order valence-electron chi connectivity index (χ1n) is 9.09. The van der Waals surface area contributed by atoms with E-state index in [1.54, 1.807) is 37.3 Å². The lowest BCUT2D eigenvalue weighted by atomic mass is 10.1. The van der Waals surface area contributed by atoms with Crippen LogP contribution in [0, 0.1) is 3.57 Å². The number of benzene rings is 2. The van der Waals surface area contributed by atoms with Gasteiger partial charge in [0.05, 0.1) is 0 Å². The first-order chi connectivity index (χ1) is 13.7. The Morgan fingerprint density at radius 2 is 1.76 bits per heavy atom. The van der Waals surface area contributed by atoms with Crippen molar-refractivity contribution in [1.82, 2.24) is 10.2 Å². The van der Waals surface area contributed by atoms with Crippen LogP contribution in [0.15, 0.2) is 42.5 Å². The zero-order valence-electron chi connectivity index (χ0n) is 16.4. The molecular formula is C21H23Cl2IN2O3. The summed E-state index contributed by atoms with van der Waals surface area (Å²) in [5.74, 6) is 0.0243. The molecule has 0 unspecified atom stereocenters. The SMILES string of the molecule is CC(C)NC(=O)[C@H](C)N(Cc1ccc(Cl)cc1Cl)C(=O)COc1ccc(I)cc1. The third-order valence-corrected chi connectivity index (χ3v) is 5.44. The first-order valence-corrected chi connectivity index (χ1v) is 10.9. The molecule has 29 heavy (non-hydrogen) atoms. The Hall–Kier alpha value is -1.51. The minimum Gasteiger partial charge on any atom is -0.484 e. The van der Waals surface area contributed by atoms with Crippen LogP contribution in [0.2, 0.25) is 10.0 Å². The van der Waals surface area contributed by atoms with Crippen LogP contribution in [0.25, 0.3) is 0 Å². The van der Waals surface area contributed by atoms with Crippen molar-refractivity contribution < 1.29 is 14.3 Å². The topological polar surface area (TPSA) is 58.6 Å². The summed E-state index contributed by atoms with van der Waals surface area (Å²) in [5, 5.41) is 3.78. The van der Waals surface area contributed by atoms with Crippen molar-refractivity contribution in [3.8, 4) is 5.75 Å². The van der Waals surface area contributed by atoms with Crippen molar-refractivity contribution >= 4 is 57.6 Å². The molecule has 0 fully saturated rings. The van der Waals surface area contributed by atoms with Gasteiger partial charge >= 0.3 is 0 Å². The number of ether oxygens (including phenoxy) is 1. The number of nitrogens with one attached hydrogen (secondary N) is 1. The lowest BCUT2D eigenvalue weighted by molar-refractivity contribution is -0.142. The molecule has 0 aliphatic carbocycles. The minimum atomic E-state index is -0.697. The van der Waals surface area contributed by atoms with Crippen LogP contribution in [0.4, 0.5) is 0 Å². The zero-order chi connectivity index (χ0) is 21.6. The van der Waals surface area contributed by atoms with Gasteiger partial charge in [0.25, 0.3) is 5.91 Å². The quantitative estimate of drug-likeness (QED) is 0.476. The molecule has 156 valence electrons. The van der Waals surface area contributed by atoms with E-state index in [-0.39, 0.29) is 31.0 Å². The summed E-state index contributed by atoms with van der Waals surface area (Å²) in [6.45, 7) is 5.40. The Bertz CT molecular complexity index is 860. The molecule has 0 heterocycles. The number of hydrogen-bond acceptors (Lipinski definition) is 3. The van der Waals surface area contributed by atoms with Crippen molar-refractivity contribution in [2.24, 2.45) is 0 Å². The van der Waals surface area contributed by atoms with Crippen molar-refractivity contribution in [2.75, 3.05) is 6.61 Å². The monoisotopic (exact) mass is 548 g/mol. The van der Waals surface area contributed by atoms with Crippen LogP contribution in [0.1, 0.15) is 26.3 Å². The van der Waals surface area contributed by atoms with Gasteiger partial charge in [0.1, 0.15) is 11.8 Å². The molecule has 0 saturated carbocycles. The number of nitrogens with zero attached hydrogens (tertiary/aromatic N) is 1. The minimum absolute atomic E-state index is 0.0379. The van der Waals surface area contributed by atoms with E-state index in [4.69, 9.17) is 27.9 Å². The van der Waals surface area contributed by atoms with Crippen LogP contribution in [-0.2, 0) is 16.1 Å². The molecule has 0 saturated heterocycles. The smallest absolute Gasteiger partial charge is 0.261 e. The van der Waals surface area contributed by atoms with Crippen LogP contribution < -0.4 is 10.1 Å². The van der Waals surface area contributed by atoms with Gasteiger partial charge in [-0.25, -0.2) is 0 Å². The van der Waals surface area contributed by atoms with Crippen LogP contribution >= 0.6 is 45.8 Å². The predicted octanol–water partition coefficient (Wildman–Crippen LogP) is 4.92. The van der Waals surface area contributed by atoms with E-state index in [0.29, 0.717) is 21.4 Å². The van der Waals surface area contributed by atoms with Gasteiger partial charge in [0.2, 0.25) is 5.91 Å². The number of halogens is 3. The molecule has 2 rings (SSSR count). The van der Waals surface area contributed by atoms with E-state index in [1.807, 2.05) is 26.0 Å². The van der Waals surface area contributed by atoms with E-state index in [2.05, 4.69) is 27.9 Å². The fourth-order valence-electron chi connectivity index (χ4n) is 2.58. The number of hydrogen-bond donors (Lipinski definition) is 1. The summed E-state index contributed by atoms with van der Waals surface area (Å²) in [6, 6.07) is 11.7.